The Hall–Kier alpha value is -2.24. The first-order chi connectivity index (χ1) is 8.00. The minimum absolute atomic E-state index is 0.0526. The van der Waals surface area contributed by atoms with E-state index in [1.54, 1.807) is 18.2 Å². The predicted octanol–water partition coefficient (Wildman–Crippen LogP) is 0.477. The molecule has 0 amide bonds. The standard InChI is InChI=1S/C11H12N4O2/c1-7-4-5-9(8(2)16)6-10(7)15-11(17)14(3)12-13-15/h4-6H,1-3H3. The molecular weight excluding hydrogens is 220 g/mol. The van der Waals surface area contributed by atoms with Crippen LogP contribution in [0.4, 0.5) is 0 Å². The summed E-state index contributed by atoms with van der Waals surface area (Å²) in [5.74, 6) is -0.0526. The zero-order valence-electron chi connectivity index (χ0n) is 9.84. The van der Waals surface area contributed by atoms with Crippen molar-refractivity contribution in [2.45, 2.75) is 13.8 Å². The van der Waals surface area contributed by atoms with Crippen LogP contribution >= 0.6 is 0 Å². The first kappa shape index (κ1) is 11.3. The molecule has 17 heavy (non-hydrogen) atoms. The molecule has 0 radical (unpaired) electrons. The number of carbonyl (C=O) groups excluding carboxylic acids is 1. The van der Waals surface area contributed by atoms with Crippen LogP contribution < -0.4 is 5.69 Å². The lowest BCUT2D eigenvalue weighted by atomic mass is 10.1. The largest absolute Gasteiger partial charge is 0.368 e. The number of tetrazole rings is 1. The molecule has 0 bridgehead atoms. The van der Waals surface area contributed by atoms with Gasteiger partial charge in [-0.2, -0.15) is 9.36 Å². The molecule has 0 aliphatic heterocycles. The molecule has 88 valence electrons. The summed E-state index contributed by atoms with van der Waals surface area (Å²) in [6, 6.07) is 5.16. The summed E-state index contributed by atoms with van der Waals surface area (Å²) in [6.07, 6.45) is 0. The minimum atomic E-state index is -0.339. The maximum absolute atomic E-state index is 11.7. The highest BCUT2D eigenvalue weighted by molar-refractivity contribution is 5.94. The first-order valence-corrected chi connectivity index (χ1v) is 5.11. The number of aromatic nitrogens is 4. The van der Waals surface area contributed by atoms with Crippen molar-refractivity contribution in [3.63, 3.8) is 0 Å². The van der Waals surface area contributed by atoms with Crippen LogP contribution in [-0.4, -0.2) is 25.6 Å². The van der Waals surface area contributed by atoms with Gasteiger partial charge in [-0.05, 0) is 35.9 Å². The summed E-state index contributed by atoms with van der Waals surface area (Å²) in [5, 5.41) is 7.39. The van der Waals surface area contributed by atoms with E-state index in [4.69, 9.17) is 0 Å². The van der Waals surface area contributed by atoms with Crippen LogP contribution in [-0.2, 0) is 7.05 Å². The Kier molecular flexibility index (Phi) is 2.63. The number of carbonyl (C=O) groups is 1. The molecule has 6 nitrogen and oxygen atoms in total. The molecule has 0 saturated carbocycles. The average molecular weight is 232 g/mol. The van der Waals surface area contributed by atoms with Gasteiger partial charge in [-0.3, -0.25) is 4.79 Å². The second-order valence-electron chi connectivity index (χ2n) is 3.85. The summed E-state index contributed by atoms with van der Waals surface area (Å²) < 4.78 is 2.32. The van der Waals surface area contributed by atoms with Gasteiger partial charge in [-0.1, -0.05) is 12.1 Å². The van der Waals surface area contributed by atoms with E-state index in [0.29, 0.717) is 11.3 Å². The second-order valence-corrected chi connectivity index (χ2v) is 3.85. The van der Waals surface area contributed by atoms with Gasteiger partial charge in [0.05, 0.1) is 5.69 Å². The number of hydrogen-bond donors (Lipinski definition) is 0. The fourth-order valence-electron chi connectivity index (χ4n) is 1.52. The molecule has 0 fully saturated rings. The van der Waals surface area contributed by atoms with Crippen LogP contribution in [0.3, 0.4) is 0 Å². The Balaban J connectivity index is 2.66. The molecule has 0 saturated heterocycles. The number of benzene rings is 1. The lowest BCUT2D eigenvalue weighted by Gasteiger charge is -2.05. The molecule has 0 spiro atoms. The summed E-state index contributed by atoms with van der Waals surface area (Å²) >= 11 is 0. The molecule has 1 heterocycles. The number of Topliss-reactive ketones (excluding diaryl/α,β-unsaturated/α-hetero) is 1. The quantitative estimate of drug-likeness (QED) is 0.706. The normalized spacial score (nSPS) is 10.5. The van der Waals surface area contributed by atoms with Crippen molar-refractivity contribution in [3.05, 3.63) is 39.8 Å². The Labute approximate surface area is 97.5 Å². The zero-order chi connectivity index (χ0) is 12.6. The summed E-state index contributed by atoms with van der Waals surface area (Å²) in [4.78, 5) is 23.0. The SMILES string of the molecule is CC(=O)c1ccc(C)c(-n2nnn(C)c2=O)c1. The van der Waals surface area contributed by atoms with Gasteiger partial charge < -0.3 is 0 Å². The lowest BCUT2D eigenvalue weighted by molar-refractivity contribution is 0.101. The second kappa shape index (κ2) is 3.97. The third-order valence-electron chi connectivity index (χ3n) is 2.57. The van der Waals surface area contributed by atoms with Crippen molar-refractivity contribution >= 4 is 5.78 Å². The van der Waals surface area contributed by atoms with Gasteiger partial charge in [0.15, 0.2) is 5.78 Å². The highest BCUT2D eigenvalue weighted by Gasteiger charge is 2.10. The molecular formula is C11H12N4O2. The van der Waals surface area contributed by atoms with E-state index >= 15 is 0 Å². The van der Waals surface area contributed by atoms with Gasteiger partial charge in [0.25, 0.3) is 0 Å². The van der Waals surface area contributed by atoms with Crippen LogP contribution in [0.5, 0.6) is 0 Å². The van der Waals surface area contributed by atoms with Crippen LogP contribution in [0.15, 0.2) is 23.0 Å². The number of nitrogens with zero attached hydrogens (tertiary/aromatic N) is 4. The van der Waals surface area contributed by atoms with E-state index < -0.39 is 0 Å². The lowest BCUT2D eigenvalue weighted by Crippen LogP contribution is -2.22. The monoisotopic (exact) mass is 232 g/mol. The Bertz CT molecular complexity index is 639. The summed E-state index contributed by atoms with van der Waals surface area (Å²) in [5.41, 5.74) is 1.64. The third kappa shape index (κ3) is 1.89. The van der Waals surface area contributed by atoms with Gasteiger partial charge >= 0.3 is 5.69 Å². The average Bonchev–Trinajstić information content (AvgIpc) is 2.60. The fourth-order valence-corrected chi connectivity index (χ4v) is 1.52. The van der Waals surface area contributed by atoms with E-state index in [2.05, 4.69) is 10.4 Å². The van der Waals surface area contributed by atoms with Crippen molar-refractivity contribution < 1.29 is 4.79 Å². The molecule has 2 rings (SSSR count). The number of ketones is 1. The number of aryl methyl sites for hydroxylation is 2. The maximum atomic E-state index is 11.7. The maximum Gasteiger partial charge on any atom is 0.368 e. The molecule has 0 aliphatic rings. The van der Waals surface area contributed by atoms with E-state index in [9.17, 15) is 9.59 Å². The van der Waals surface area contributed by atoms with Crippen molar-refractivity contribution in [2.75, 3.05) is 0 Å². The van der Waals surface area contributed by atoms with Crippen molar-refractivity contribution in [3.8, 4) is 5.69 Å². The van der Waals surface area contributed by atoms with E-state index in [1.807, 2.05) is 6.92 Å². The highest BCUT2D eigenvalue weighted by atomic mass is 16.2. The van der Waals surface area contributed by atoms with Gasteiger partial charge in [-0.15, -0.1) is 0 Å². The van der Waals surface area contributed by atoms with Crippen molar-refractivity contribution in [2.24, 2.45) is 7.05 Å². The topological polar surface area (TPSA) is 69.8 Å². The number of rotatable bonds is 2. The smallest absolute Gasteiger partial charge is 0.295 e. The predicted molar refractivity (Wildman–Crippen MR) is 61.3 cm³/mol. The molecule has 6 heteroatoms. The van der Waals surface area contributed by atoms with Crippen LogP contribution in [0.2, 0.25) is 0 Å². The molecule has 0 aliphatic carbocycles. The van der Waals surface area contributed by atoms with Crippen molar-refractivity contribution in [1.29, 1.82) is 0 Å². The molecule has 0 N–H and O–H groups in total. The van der Waals surface area contributed by atoms with Crippen LogP contribution in [0, 0.1) is 6.92 Å². The van der Waals surface area contributed by atoms with Gasteiger partial charge in [-0.25, -0.2) is 4.79 Å². The van der Waals surface area contributed by atoms with E-state index in [-0.39, 0.29) is 11.5 Å². The molecule has 0 unspecified atom stereocenters. The molecule has 1 aromatic carbocycles. The first-order valence-electron chi connectivity index (χ1n) is 5.11. The van der Waals surface area contributed by atoms with Gasteiger partial charge in [0.1, 0.15) is 0 Å². The van der Waals surface area contributed by atoms with E-state index in [1.165, 1.54) is 18.7 Å². The van der Waals surface area contributed by atoms with Gasteiger partial charge in [0, 0.05) is 12.6 Å². The molecule has 1 aromatic heterocycles. The van der Waals surface area contributed by atoms with Crippen LogP contribution in [0.1, 0.15) is 22.8 Å². The Morgan fingerprint density at radius 3 is 2.53 bits per heavy atom. The van der Waals surface area contributed by atoms with Crippen molar-refractivity contribution in [1.82, 2.24) is 19.8 Å². The summed E-state index contributed by atoms with van der Waals surface area (Å²) in [7, 11) is 1.52. The third-order valence-corrected chi connectivity index (χ3v) is 2.57. The Morgan fingerprint density at radius 2 is 2.00 bits per heavy atom. The van der Waals surface area contributed by atoms with Crippen LogP contribution in [0.25, 0.3) is 5.69 Å². The summed E-state index contributed by atoms with van der Waals surface area (Å²) in [6.45, 7) is 3.33. The molecule has 2 aromatic rings. The minimum Gasteiger partial charge on any atom is -0.295 e. The molecule has 0 atom stereocenters. The van der Waals surface area contributed by atoms with Gasteiger partial charge in [0.2, 0.25) is 0 Å². The van der Waals surface area contributed by atoms with E-state index in [0.717, 1.165) is 10.2 Å². The Morgan fingerprint density at radius 1 is 1.29 bits per heavy atom. The zero-order valence-corrected chi connectivity index (χ0v) is 9.84. The number of hydrogen-bond acceptors (Lipinski definition) is 4. The highest BCUT2D eigenvalue weighted by Crippen LogP contribution is 2.13. The fraction of sp³-hybridized carbons (Fsp3) is 0.273.